The number of rotatable bonds is 8. The van der Waals surface area contributed by atoms with Gasteiger partial charge in [-0.3, -0.25) is 4.79 Å². The number of carbonyl (C=O) groups excluding carboxylic acids is 3. The van der Waals surface area contributed by atoms with Gasteiger partial charge in [-0.15, -0.1) is 0 Å². The number of hydrogen-bond donors (Lipinski definition) is 2. The Morgan fingerprint density at radius 3 is 2.28 bits per heavy atom. The van der Waals surface area contributed by atoms with Gasteiger partial charge in [-0.1, -0.05) is 50.6 Å². The fraction of sp³-hybridized carbons (Fsp3) is 0.500. The van der Waals surface area contributed by atoms with Gasteiger partial charge in [0.05, 0.1) is 7.11 Å². The van der Waals surface area contributed by atoms with Crippen LogP contribution in [0.3, 0.4) is 0 Å². The van der Waals surface area contributed by atoms with Crippen molar-refractivity contribution < 1.29 is 23.9 Å². The Kier molecular flexibility index (Phi) is 8.46. The molecule has 25 heavy (non-hydrogen) atoms. The molecule has 0 heterocycles. The zero-order valence-electron chi connectivity index (χ0n) is 15.1. The molecule has 0 unspecified atom stereocenters. The molecule has 0 aromatic heterocycles. The fourth-order valence-electron chi connectivity index (χ4n) is 2.08. The number of hydrogen-bond acceptors (Lipinski definition) is 5. The normalized spacial score (nSPS) is 13.9. The van der Waals surface area contributed by atoms with Crippen molar-refractivity contribution in [2.45, 2.75) is 45.9 Å². The minimum absolute atomic E-state index is 0.0892. The van der Waals surface area contributed by atoms with E-state index in [2.05, 4.69) is 10.6 Å². The summed E-state index contributed by atoms with van der Waals surface area (Å²) >= 11 is 0. The maximum Gasteiger partial charge on any atom is 0.408 e. The van der Waals surface area contributed by atoms with Crippen molar-refractivity contribution in [3.63, 3.8) is 0 Å². The van der Waals surface area contributed by atoms with Crippen molar-refractivity contribution in [1.82, 2.24) is 10.6 Å². The number of benzene rings is 1. The van der Waals surface area contributed by atoms with Crippen LogP contribution in [0.5, 0.6) is 0 Å². The van der Waals surface area contributed by atoms with Gasteiger partial charge >= 0.3 is 12.1 Å². The maximum absolute atomic E-state index is 12.2. The second-order valence-corrected chi connectivity index (χ2v) is 5.82. The lowest BCUT2D eigenvalue weighted by Crippen LogP contribution is -2.52. The summed E-state index contributed by atoms with van der Waals surface area (Å²) in [6, 6.07) is 7.60. The number of methoxy groups -OCH3 is 1. The molecule has 0 spiro atoms. The summed E-state index contributed by atoms with van der Waals surface area (Å²) in [6.45, 7) is 5.38. The quantitative estimate of drug-likeness (QED) is 0.700. The van der Waals surface area contributed by atoms with Gasteiger partial charge in [0.2, 0.25) is 5.91 Å². The number of esters is 1. The first-order valence-electron chi connectivity index (χ1n) is 8.24. The molecular weight excluding hydrogens is 324 g/mol. The van der Waals surface area contributed by atoms with E-state index in [-0.39, 0.29) is 12.5 Å². The minimum Gasteiger partial charge on any atom is -0.467 e. The molecule has 0 bridgehead atoms. The van der Waals surface area contributed by atoms with Crippen LogP contribution in [0.15, 0.2) is 30.3 Å². The summed E-state index contributed by atoms with van der Waals surface area (Å²) < 4.78 is 9.79. The van der Waals surface area contributed by atoms with Crippen molar-refractivity contribution in [3.8, 4) is 0 Å². The standard InChI is InChI=1S/C18H26N2O5/c1-5-12(2)15(17(22)24-4)20-16(21)13(3)19-18(23)25-11-14-9-7-6-8-10-14/h6-10,12-13,15H,5,11H2,1-4H3,(H,19,23)(H,20,21)/t12-,13+,15+/m1/s1. The molecule has 0 fully saturated rings. The van der Waals surface area contributed by atoms with Crippen LogP contribution in [-0.4, -0.2) is 37.2 Å². The van der Waals surface area contributed by atoms with Crippen LogP contribution in [0, 0.1) is 5.92 Å². The number of carbonyl (C=O) groups is 3. The molecule has 7 heteroatoms. The zero-order valence-corrected chi connectivity index (χ0v) is 15.1. The second-order valence-electron chi connectivity index (χ2n) is 5.82. The Morgan fingerprint density at radius 1 is 1.08 bits per heavy atom. The average molecular weight is 350 g/mol. The highest BCUT2D eigenvalue weighted by Gasteiger charge is 2.28. The van der Waals surface area contributed by atoms with Crippen LogP contribution in [-0.2, 0) is 25.7 Å². The molecule has 0 aliphatic carbocycles. The smallest absolute Gasteiger partial charge is 0.408 e. The summed E-state index contributed by atoms with van der Waals surface area (Å²) in [6.07, 6.45) is -0.00861. The predicted molar refractivity (Wildman–Crippen MR) is 92.6 cm³/mol. The van der Waals surface area contributed by atoms with Gasteiger partial charge in [-0.05, 0) is 18.4 Å². The minimum atomic E-state index is -0.848. The third kappa shape index (κ3) is 6.82. The molecular formula is C18H26N2O5. The highest BCUT2D eigenvalue weighted by Crippen LogP contribution is 2.09. The van der Waals surface area contributed by atoms with E-state index in [1.165, 1.54) is 14.0 Å². The lowest BCUT2D eigenvalue weighted by atomic mass is 9.99. The molecule has 138 valence electrons. The van der Waals surface area contributed by atoms with Gasteiger partial charge in [0.1, 0.15) is 18.7 Å². The Hall–Kier alpha value is -2.57. The molecule has 7 nitrogen and oxygen atoms in total. The Bertz CT molecular complexity index is 576. The van der Waals surface area contributed by atoms with Crippen LogP contribution in [0.25, 0.3) is 0 Å². The predicted octanol–water partition coefficient (Wildman–Crippen LogP) is 2.01. The van der Waals surface area contributed by atoms with Crippen LogP contribution < -0.4 is 10.6 Å². The number of amides is 2. The highest BCUT2D eigenvalue weighted by atomic mass is 16.5. The monoisotopic (exact) mass is 350 g/mol. The van der Waals surface area contributed by atoms with Crippen molar-refractivity contribution in [2.24, 2.45) is 5.92 Å². The molecule has 0 radical (unpaired) electrons. The molecule has 1 aromatic rings. The van der Waals surface area contributed by atoms with Crippen molar-refractivity contribution in [1.29, 1.82) is 0 Å². The van der Waals surface area contributed by atoms with Gasteiger partial charge in [0, 0.05) is 0 Å². The van der Waals surface area contributed by atoms with E-state index in [9.17, 15) is 14.4 Å². The first-order chi connectivity index (χ1) is 11.9. The maximum atomic E-state index is 12.2. The first-order valence-corrected chi connectivity index (χ1v) is 8.24. The largest absolute Gasteiger partial charge is 0.467 e. The lowest BCUT2D eigenvalue weighted by Gasteiger charge is -2.23. The summed E-state index contributed by atoms with van der Waals surface area (Å²) in [5.41, 5.74) is 0.845. The number of nitrogens with one attached hydrogen (secondary N) is 2. The molecule has 1 aromatic carbocycles. The van der Waals surface area contributed by atoms with Crippen LogP contribution in [0.1, 0.15) is 32.8 Å². The van der Waals surface area contributed by atoms with Crippen molar-refractivity contribution >= 4 is 18.0 Å². The Labute approximate surface area is 148 Å². The topological polar surface area (TPSA) is 93.7 Å². The second kappa shape index (κ2) is 10.3. The van der Waals surface area contributed by atoms with Gasteiger partial charge < -0.3 is 20.1 Å². The third-order valence-electron chi connectivity index (χ3n) is 3.91. The van der Waals surface area contributed by atoms with Crippen LogP contribution in [0.2, 0.25) is 0 Å². The lowest BCUT2D eigenvalue weighted by molar-refractivity contribution is -0.146. The van der Waals surface area contributed by atoms with Crippen LogP contribution in [0.4, 0.5) is 4.79 Å². The number of ether oxygens (including phenoxy) is 2. The van der Waals surface area contributed by atoms with E-state index >= 15 is 0 Å². The Morgan fingerprint density at radius 2 is 1.72 bits per heavy atom. The van der Waals surface area contributed by atoms with Crippen LogP contribution >= 0.6 is 0 Å². The Balaban J connectivity index is 2.51. The third-order valence-corrected chi connectivity index (χ3v) is 3.91. The zero-order chi connectivity index (χ0) is 18.8. The van der Waals surface area contributed by atoms with Crippen molar-refractivity contribution in [3.05, 3.63) is 35.9 Å². The highest BCUT2D eigenvalue weighted by molar-refractivity contribution is 5.89. The average Bonchev–Trinajstić information content (AvgIpc) is 2.63. The number of alkyl carbamates (subject to hydrolysis) is 1. The molecule has 0 aliphatic heterocycles. The molecule has 2 amide bonds. The molecule has 0 saturated carbocycles. The molecule has 1 rings (SSSR count). The van der Waals surface area contributed by atoms with Gasteiger partial charge in [-0.2, -0.15) is 0 Å². The van der Waals surface area contributed by atoms with E-state index in [1.807, 2.05) is 44.2 Å². The first kappa shape index (κ1) is 20.5. The summed E-state index contributed by atoms with van der Waals surface area (Å²) in [5.74, 6) is -1.08. The summed E-state index contributed by atoms with van der Waals surface area (Å²) in [5, 5.41) is 5.06. The summed E-state index contributed by atoms with van der Waals surface area (Å²) in [4.78, 5) is 35.8. The fourth-order valence-corrected chi connectivity index (χ4v) is 2.08. The van der Waals surface area contributed by atoms with E-state index in [4.69, 9.17) is 9.47 Å². The van der Waals surface area contributed by atoms with E-state index < -0.39 is 30.1 Å². The van der Waals surface area contributed by atoms with E-state index in [0.717, 1.165) is 5.56 Å². The molecule has 0 aliphatic rings. The summed E-state index contributed by atoms with van der Waals surface area (Å²) in [7, 11) is 1.27. The van der Waals surface area contributed by atoms with E-state index in [0.29, 0.717) is 6.42 Å². The van der Waals surface area contributed by atoms with Gasteiger partial charge in [-0.25, -0.2) is 9.59 Å². The molecule has 2 N–H and O–H groups in total. The van der Waals surface area contributed by atoms with Gasteiger partial charge in [0.15, 0.2) is 0 Å². The SMILES string of the molecule is CC[C@@H](C)[C@H](NC(=O)[C@H](C)NC(=O)OCc1ccccc1)C(=O)OC. The van der Waals surface area contributed by atoms with Gasteiger partial charge in [0.25, 0.3) is 0 Å². The molecule has 0 saturated heterocycles. The van der Waals surface area contributed by atoms with Crippen molar-refractivity contribution in [2.75, 3.05) is 7.11 Å². The molecule has 3 atom stereocenters. The van der Waals surface area contributed by atoms with E-state index in [1.54, 1.807) is 0 Å².